The van der Waals surface area contributed by atoms with E-state index < -0.39 is 24.7 Å². The van der Waals surface area contributed by atoms with Gasteiger partial charge in [0.25, 0.3) is 11.6 Å². The zero-order valence-electron chi connectivity index (χ0n) is 25.4. The molecule has 11 heteroatoms. The lowest BCUT2D eigenvalue weighted by molar-refractivity contribution is -0.385. The Balaban J connectivity index is 1.41. The molecule has 0 radical (unpaired) electrons. The van der Waals surface area contributed by atoms with Crippen LogP contribution in [0.4, 0.5) is 17.1 Å². The van der Waals surface area contributed by atoms with Gasteiger partial charge in [-0.25, -0.2) is 0 Å². The fourth-order valence-electron chi connectivity index (χ4n) is 7.52. The van der Waals surface area contributed by atoms with Crippen molar-refractivity contribution in [3.63, 3.8) is 0 Å². The molecule has 6 rings (SSSR count). The summed E-state index contributed by atoms with van der Waals surface area (Å²) in [5, 5.41) is 23.2. The second-order valence-corrected chi connectivity index (χ2v) is 17.2. The number of carbonyl (C=O) groups is 2. The molecule has 2 saturated heterocycles. The zero-order valence-corrected chi connectivity index (χ0v) is 26.4. The Kier molecular flexibility index (Phi) is 7.59. The summed E-state index contributed by atoms with van der Waals surface area (Å²) < 4.78 is 12.2. The first-order chi connectivity index (χ1) is 21.0. The van der Waals surface area contributed by atoms with Gasteiger partial charge in [-0.15, -0.1) is 0 Å². The van der Waals surface area contributed by atoms with E-state index in [9.17, 15) is 24.8 Å². The van der Waals surface area contributed by atoms with E-state index in [-0.39, 0.29) is 42.1 Å². The molecule has 0 bridgehead atoms. The number of hydrogen-bond donors (Lipinski definition) is 1. The lowest BCUT2D eigenvalue weighted by atomic mass is 9.82. The number of non-ortho nitro benzene ring substituents is 1. The maximum Gasteiger partial charge on any atom is 0.269 e. The predicted molar refractivity (Wildman–Crippen MR) is 169 cm³/mol. The number of amides is 2. The molecular formula is C33H37N3O7Si. The van der Waals surface area contributed by atoms with Crippen LogP contribution in [0.15, 0.2) is 66.7 Å². The molecule has 3 heterocycles. The topological polar surface area (TPSA) is 122 Å². The molecule has 44 heavy (non-hydrogen) atoms. The van der Waals surface area contributed by atoms with Gasteiger partial charge in [0.1, 0.15) is 5.75 Å². The fourth-order valence-corrected chi connectivity index (χ4v) is 11.6. The quantitative estimate of drug-likeness (QED) is 0.163. The number of anilines is 2. The highest BCUT2D eigenvalue weighted by atomic mass is 28.3. The van der Waals surface area contributed by atoms with E-state index in [0.717, 1.165) is 17.0 Å². The predicted octanol–water partition coefficient (Wildman–Crippen LogP) is 4.49. The number of rotatable bonds is 9. The van der Waals surface area contributed by atoms with Gasteiger partial charge in [0.05, 0.1) is 38.4 Å². The normalized spacial score (nSPS) is 24.5. The Labute approximate surface area is 257 Å². The van der Waals surface area contributed by atoms with Crippen molar-refractivity contribution in [1.82, 2.24) is 0 Å². The number of aliphatic hydroxyl groups excluding tert-OH is 1. The number of nitro groups is 1. The molecule has 10 nitrogen and oxygen atoms in total. The average Bonchev–Trinajstić information content (AvgIpc) is 3.43. The molecule has 3 aliphatic heterocycles. The molecule has 1 N–H and O–H groups in total. The molecule has 0 unspecified atom stereocenters. The van der Waals surface area contributed by atoms with Crippen LogP contribution in [-0.2, 0) is 26.5 Å². The van der Waals surface area contributed by atoms with E-state index in [1.165, 1.54) is 17.3 Å². The highest BCUT2D eigenvalue weighted by Gasteiger charge is 2.66. The minimum Gasteiger partial charge on any atom is -0.497 e. The van der Waals surface area contributed by atoms with Crippen molar-refractivity contribution in [2.45, 2.75) is 56.7 Å². The van der Waals surface area contributed by atoms with E-state index in [2.05, 4.69) is 25.2 Å². The van der Waals surface area contributed by atoms with Gasteiger partial charge < -0.3 is 24.4 Å². The van der Waals surface area contributed by atoms with Gasteiger partial charge in [-0.1, -0.05) is 49.5 Å². The molecule has 0 saturated carbocycles. The average molecular weight is 616 g/mol. The summed E-state index contributed by atoms with van der Waals surface area (Å²) in [5.74, 6) is 0.253. The molecule has 2 amide bonds. The van der Waals surface area contributed by atoms with Gasteiger partial charge in [-0.3, -0.25) is 19.7 Å². The summed E-state index contributed by atoms with van der Waals surface area (Å²) in [6.07, 6.45) is 0.462. The zero-order chi connectivity index (χ0) is 31.4. The third-order valence-electron chi connectivity index (χ3n) is 9.88. The molecule has 1 spiro atoms. The second kappa shape index (κ2) is 11.1. The third kappa shape index (κ3) is 4.61. The summed E-state index contributed by atoms with van der Waals surface area (Å²) in [5.41, 5.74) is 1.14. The summed E-state index contributed by atoms with van der Waals surface area (Å²) >= 11 is 0. The SMILES string of the molecule is COc1ccc([Si](C)(C)[C@@H]2[C@@H](CCO)O[C@]3(C(=O)N(Cc4ccc(N5CCC5=O)cc4)c4ccc([N+](=O)[O-])cc43)[C@H]2C)cc1. The number of hydrogen-bond acceptors (Lipinski definition) is 7. The molecule has 230 valence electrons. The van der Waals surface area contributed by atoms with E-state index in [4.69, 9.17) is 9.47 Å². The Morgan fingerprint density at radius 1 is 1.09 bits per heavy atom. The Morgan fingerprint density at radius 3 is 2.36 bits per heavy atom. The van der Waals surface area contributed by atoms with Crippen molar-refractivity contribution < 1.29 is 29.1 Å². The summed E-state index contributed by atoms with van der Waals surface area (Å²) in [6, 6.07) is 20.1. The number of carbonyl (C=O) groups excluding carboxylic acids is 2. The van der Waals surface area contributed by atoms with Crippen molar-refractivity contribution in [2.24, 2.45) is 5.92 Å². The minimum absolute atomic E-state index is 0.0765. The molecule has 0 aromatic heterocycles. The number of ether oxygens (including phenoxy) is 2. The Morgan fingerprint density at radius 2 is 1.80 bits per heavy atom. The van der Waals surface area contributed by atoms with Crippen LogP contribution in [0.1, 0.15) is 30.9 Å². The van der Waals surface area contributed by atoms with Crippen molar-refractivity contribution in [3.05, 3.63) is 88.0 Å². The van der Waals surface area contributed by atoms with E-state index in [0.29, 0.717) is 30.6 Å². The lowest BCUT2D eigenvalue weighted by Crippen LogP contribution is -2.51. The molecule has 0 aliphatic carbocycles. The van der Waals surface area contributed by atoms with Gasteiger partial charge in [0.2, 0.25) is 5.91 Å². The number of aliphatic hydroxyl groups is 1. The van der Waals surface area contributed by atoms with E-state index in [1.54, 1.807) is 23.0 Å². The largest absolute Gasteiger partial charge is 0.497 e. The first kappa shape index (κ1) is 30.0. The van der Waals surface area contributed by atoms with E-state index >= 15 is 0 Å². The van der Waals surface area contributed by atoms with Crippen molar-refractivity contribution in [1.29, 1.82) is 0 Å². The van der Waals surface area contributed by atoms with Crippen LogP contribution in [-0.4, -0.2) is 56.3 Å². The van der Waals surface area contributed by atoms with Crippen LogP contribution >= 0.6 is 0 Å². The number of nitrogens with zero attached hydrogens (tertiary/aromatic N) is 3. The highest BCUT2D eigenvalue weighted by Crippen LogP contribution is 2.60. The smallest absolute Gasteiger partial charge is 0.269 e. The third-order valence-corrected chi connectivity index (χ3v) is 14.2. The van der Waals surface area contributed by atoms with Gasteiger partial charge in [0.15, 0.2) is 5.60 Å². The molecular weight excluding hydrogens is 578 g/mol. The number of nitro benzene ring substituents is 1. The Bertz CT molecular complexity index is 1610. The lowest BCUT2D eigenvalue weighted by Gasteiger charge is -2.37. The van der Waals surface area contributed by atoms with Gasteiger partial charge in [-0.05, 0) is 47.9 Å². The summed E-state index contributed by atoms with van der Waals surface area (Å²) in [4.78, 5) is 41.5. The number of benzene rings is 3. The minimum atomic E-state index is -2.37. The van der Waals surface area contributed by atoms with Crippen LogP contribution in [0, 0.1) is 16.0 Å². The first-order valence-electron chi connectivity index (χ1n) is 15.0. The highest BCUT2D eigenvalue weighted by molar-refractivity contribution is 6.91. The van der Waals surface area contributed by atoms with Gasteiger partial charge in [-0.2, -0.15) is 0 Å². The standard InChI is InChI=1S/C33H37N3O7Si/c1-21-31(44(3,4)26-12-10-25(42-2)11-13-26)29(16-18-37)43-33(21)27-19-24(36(40)41)9-14-28(27)35(32(33)39)20-22-5-7-23(8-6-22)34-17-15-30(34)38/h5-14,19,21,29,31,37H,15-18,20H2,1-4H3/t21-,29+,31-,33+/m0/s1. The molecule has 2 fully saturated rings. The van der Waals surface area contributed by atoms with Crippen molar-refractivity contribution >= 4 is 42.1 Å². The maximum absolute atomic E-state index is 14.7. The van der Waals surface area contributed by atoms with Crippen molar-refractivity contribution in [3.8, 4) is 5.75 Å². The van der Waals surface area contributed by atoms with Crippen LogP contribution in [0.2, 0.25) is 18.6 Å². The molecule has 3 aromatic rings. The number of fused-ring (bicyclic) bond motifs is 2. The first-order valence-corrected chi connectivity index (χ1v) is 18.0. The van der Waals surface area contributed by atoms with Gasteiger partial charge in [0, 0.05) is 48.9 Å². The maximum atomic E-state index is 14.7. The monoisotopic (exact) mass is 615 g/mol. The van der Waals surface area contributed by atoms with Crippen LogP contribution in [0.25, 0.3) is 0 Å². The second-order valence-electron chi connectivity index (χ2n) is 12.5. The fraction of sp³-hybridized carbons (Fsp3) is 0.394. The van der Waals surface area contributed by atoms with Gasteiger partial charge >= 0.3 is 0 Å². The molecule has 3 aromatic carbocycles. The van der Waals surface area contributed by atoms with Crippen molar-refractivity contribution in [2.75, 3.05) is 30.1 Å². The Hall–Kier alpha value is -4.06. The molecule has 3 aliphatic rings. The van der Waals surface area contributed by atoms with Crippen LogP contribution in [0.3, 0.4) is 0 Å². The summed E-state index contributed by atoms with van der Waals surface area (Å²) in [7, 11) is -0.745. The van der Waals surface area contributed by atoms with Crippen LogP contribution < -0.4 is 19.7 Å². The number of β-lactam (4-membered cyclic amide) rings is 1. The summed E-state index contributed by atoms with van der Waals surface area (Å²) in [6.45, 7) is 7.34. The van der Waals surface area contributed by atoms with Crippen LogP contribution in [0.5, 0.6) is 5.75 Å². The van der Waals surface area contributed by atoms with E-state index in [1.807, 2.05) is 43.3 Å². The molecule has 4 atom stereocenters. The number of methoxy groups -OCH3 is 1.